The van der Waals surface area contributed by atoms with Crippen LogP contribution in [0, 0.1) is 30.1 Å². The predicted molar refractivity (Wildman–Crippen MR) is 127 cm³/mol. The van der Waals surface area contributed by atoms with Crippen LogP contribution in [-0.4, -0.2) is 52.1 Å². The Hall–Kier alpha value is -1.68. The molecule has 1 aromatic carbocycles. The lowest BCUT2D eigenvalue weighted by atomic mass is 9.81. The molecule has 2 aliphatic rings. The molecule has 0 spiro atoms. The van der Waals surface area contributed by atoms with Crippen LogP contribution in [0.4, 0.5) is 0 Å². The van der Waals surface area contributed by atoms with Gasteiger partial charge in [-0.25, -0.2) is 0 Å². The molecule has 0 radical (unpaired) electrons. The van der Waals surface area contributed by atoms with Crippen molar-refractivity contribution in [2.24, 2.45) is 11.8 Å². The number of piperidine rings is 2. The number of hydrogen-bond acceptors (Lipinski definition) is 5. The fourth-order valence-electron chi connectivity index (χ4n) is 5.10. The van der Waals surface area contributed by atoms with Crippen LogP contribution < -0.4 is 0 Å². The number of nitriles is 1. The first-order valence-corrected chi connectivity index (χ1v) is 12.1. The Kier molecular flexibility index (Phi) is 7.70. The van der Waals surface area contributed by atoms with Crippen LogP contribution in [0.1, 0.15) is 42.2 Å². The summed E-state index contributed by atoms with van der Waals surface area (Å²) in [6.45, 7) is 5.47. The van der Waals surface area contributed by atoms with Crippen molar-refractivity contribution < 1.29 is 5.11 Å². The van der Waals surface area contributed by atoms with E-state index in [0.717, 1.165) is 62.4 Å². The number of aliphatic hydroxyl groups is 1. The van der Waals surface area contributed by atoms with E-state index in [1.807, 2.05) is 13.0 Å². The monoisotopic (exact) mass is 472 g/mol. The molecule has 0 saturated carbocycles. The molecule has 0 amide bonds. The quantitative estimate of drug-likeness (QED) is 0.672. The van der Waals surface area contributed by atoms with Gasteiger partial charge in [0.25, 0.3) is 0 Å². The first-order chi connectivity index (χ1) is 15.5. The number of hydrogen-bond donors (Lipinski definition) is 1. The van der Waals surface area contributed by atoms with Gasteiger partial charge in [0, 0.05) is 48.7 Å². The zero-order valence-electron chi connectivity index (χ0n) is 18.4. The van der Waals surface area contributed by atoms with Crippen LogP contribution in [0.3, 0.4) is 0 Å². The molecule has 1 unspecified atom stereocenters. The predicted octanol–water partition coefficient (Wildman–Crippen LogP) is 4.86. The number of benzene rings is 1. The fraction of sp³-hybridized carbons (Fsp3) is 0.520. The van der Waals surface area contributed by atoms with E-state index in [1.165, 1.54) is 5.56 Å². The molecular formula is C25H30Cl2N4O. The Morgan fingerprint density at radius 1 is 1.16 bits per heavy atom. The number of nitrogens with zero attached hydrogens (tertiary/aromatic N) is 4. The number of halogens is 2. The van der Waals surface area contributed by atoms with E-state index in [9.17, 15) is 10.4 Å². The Bertz CT molecular complexity index is 971. The van der Waals surface area contributed by atoms with E-state index >= 15 is 0 Å². The van der Waals surface area contributed by atoms with Crippen molar-refractivity contribution in [1.29, 1.82) is 5.26 Å². The zero-order chi connectivity index (χ0) is 22.7. The second-order valence-electron chi connectivity index (χ2n) is 9.10. The summed E-state index contributed by atoms with van der Waals surface area (Å²) in [6.07, 6.45) is 6.43. The average Bonchev–Trinajstić information content (AvgIpc) is 2.82. The summed E-state index contributed by atoms with van der Waals surface area (Å²) in [5, 5.41) is 21.9. The maximum atomic E-state index is 10.8. The van der Waals surface area contributed by atoms with Gasteiger partial charge in [0.1, 0.15) is 6.23 Å². The summed E-state index contributed by atoms with van der Waals surface area (Å²) in [4.78, 5) is 8.57. The molecule has 170 valence electrons. The standard InChI is InChI=1S/C25H30Cl2N4O/c1-17-2-3-18(13-23(17)26)12-19-5-9-31(16-20(19)14-28)21-6-10-30(11-7-21)25(32)22-4-8-29-15-24(22)27/h2-4,8,13,15,19-21,25,32H,5-7,9-12,16H2,1H3/t19-,20-,25?/m1/s1. The molecule has 1 N–H and O–H groups in total. The Morgan fingerprint density at radius 2 is 1.94 bits per heavy atom. The van der Waals surface area contributed by atoms with Gasteiger partial charge >= 0.3 is 0 Å². The van der Waals surface area contributed by atoms with Gasteiger partial charge in [-0.05, 0) is 68.3 Å². The Labute approximate surface area is 200 Å². The van der Waals surface area contributed by atoms with Gasteiger partial charge in [0.15, 0.2) is 0 Å². The second-order valence-corrected chi connectivity index (χ2v) is 9.92. The smallest absolute Gasteiger partial charge is 0.135 e. The third-order valence-electron chi connectivity index (χ3n) is 7.13. The largest absolute Gasteiger partial charge is 0.374 e. The zero-order valence-corrected chi connectivity index (χ0v) is 19.9. The maximum absolute atomic E-state index is 10.8. The van der Waals surface area contributed by atoms with Crippen LogP contribution in [-0.2, 0) is 6.42 Å². The van der Waals surface area contributed by atoms with Crippen molar-refractivity contribution in [3.8, 4) is 6.07 Å². The molecular weight excluding hydrogens is 443 g/mol. The van der Waals surface area contributed by atoms with Gasteiger partial charge in [0.05, 0.1) is 17.0 Å². The van der Waals surface area contributed by atoms with E-state index in [4.69, 9.17) is 23.2 Å². The second kappa shape index (κ2) is 10.5. The van der Waals surface area contributed by atoms with E-state index in [2.05, 4.69) is 33.0 Å². The van der Waals surface area contributed by atoms with Crippen molar-refractivity contribution in [2.45, 2.75) is 44.9 Å². The summed E-state index contributed by atoms with van der Waals surface area (Å²) >= 11 is 12.5. The van der Waals surface area contributed by atoms with Crippen LogP contribution in [0.2, 0.25) is 10.0 Å². The molecule has 2 aliphatic heterocycles. The number of aliphatic hydroxyl groups excluding tert-OH is 1. The third kappa shape index (κ3) is 5.27. The SMILES string of the molecule is Cc1ccc(C[C@H]2CCN(C3CCN(C(O)c4ccncc4Cl)CC3)C[C@H]2C#N)cc1Cl. The highest BCUT2D eigenvalue weighted by molar-refractivity contribution is 6.31. The first kappa shape index (κ1) is 23.5. The lowest BCUT2D eigenvalue weighted by molar-refractivity contribution is -0.0319. The number of pyridine rings is 1. The van der Waals surface area contributed by atoms with Crippen molar-refractivity contribution in [2.75, 3.05) is 26.2 Å². The molecule has 5 nitrogen and oxygen atoms in total. The molecule has 2 aromatic rings. The molecule has 1 aromatic heterocycles. The van der Waals surface area contributed by atoms with Gasteiger partial charge in [-0.15, -0.1) is 0 Å². The van der Waals surface area contributed by atoms with Crippen LogP contribution >= 0.6 is 23.2 Å². The Balaban J connectivity index is 1.32. The summed E-state index contributed by atoms with van der Waals surface area (Å²) in [6, 6.07) is 11.1. The summed E-state index contributed by atoms with van der Waals surface area (Å²) < 4.78 is 0. The fourth-order valence-corrected chi connectivity index (χ4v) is 5.52. The van der Waals surface area contributed by atoms with Crippen molar-refractivity contribution in [3.05, 3.63) is 63.4 Å². The molecule has 3 heterocycles. The Morgan fingerprint density at radius 3 is 2.62 bits per heavy atom. The summed E-state index contributed by atoms with van der Waals surface area (Å²) in [5.41, 5.74) is 3.02. The van der Waals surface area contributed by atoms with E-state index in [-0.39, 0.29) is 5.92 Å². The molecule has 32 heavy (non-hydrogen) atoms. The van der Waals surface area contributed by atoms with Gasteiger partial charge < -0.3 is 5.11 Å². The van der Waals surface area contributed by atoms with Crippen molar-refractivity contribution in [1.82, 2.24) is 14.8 Å². The number of rotatable bonds is 5. The summed E-state index contributed by atoms with van der Waals surface area (Å²) in [7, 11) is 0. The van der Waals surface area contributed by atoms with Crippen molar-refractivity contribution in [3.63, 3.8) is 0 Å². The van der Waals surface area contributed by atoms with Crippen LogP contribution in [0.15, 0.2) is 36.7 Å². The van der Waals surface area contributed by atoms with E-state index < -0.39 is 6.23 Å². The van der Waals surface area contributed by atoms with Gasteiger partial charge in [0.2, 0.25) is 0 Å². The minimum Gasteiger partial charge on any atom is -0.374 e. The number of aromatic nitrogens is 1. The molecule has 0 bridgehead atoms. The third-order valence-corrected chi connectivity index (χ3v) is 7.85. The summed E-state index contributed by atoms with van der Waals surface area (Å²) in [5.74, 6) is 0.397. The van der Waals surface area contributed by atoms with Crippen molar-refractivity contribution >= 4 is 23.2 Å². The molecule has 2 saturated heterocycles. The lowest BCUT2D eigenvalue weighted by Crippen LogP contribution is -2.50. The highest BCUT2D eigenvalue weighted by Crippen LogP contribution is 2.33. The normalized spacial score (nSPS) is 24.2. The highest BCUT2D eigenvalue weighted by Gasteiger charge is 2.35. The van der Waals surface area contributed by atoms with Crippen LogP contribution in [0.5, 0.6) is 0 Å². The first-order valence-electron chi connectivity index (χ1n) is 11.4. The molecule has 0 aliphatic carbocycles. The van der Waals surface area contributed by atoms with Gasteiger partial charge in [-0.2, -0.15) is 5.26 Å². The lowest BCUT2D eigenvalue weighted by Gasteiger charge is -2.44. The van der Waals surface area contributed by atoms with Crippen LogP contribution in [0.25, 0.3) is 0 Å². The topological polar surface area (TPSA) is 63.4 Å². The highest BCUT2D eigenvalue weighted by atomic mass is 35.5. The van der Waals surface area contributed by atoms with E-state index in [0.29, 0.717) is 22.5 Å². The maximum Gasteiger partial charge on any atom is 0.135 e. The van der Waals surface area contributed by atoms with Gasteiger partial charge in [-0.3, -0.25) is 14.8 Å². The van der Waals surface area contributed by atoms with E-state index in [1.54, 1.807) is 18.5 Å². The van der Waals surface area contributed by atoms with Gasteiger partial charge in [-0.1, -0.05) is 35.3 Å². The molecule has 3 atom stereocenters. The molecule has 4 rings (SSSR count). The number of aryl methyl sites for hydroxylation is 1. The molecule has 2 fully saturated rings. The molecule has 7 heteroatoms. The average molecular weight is 473 g/mol. The minimum absolute atomic E-state index is 0.0306. The minimum atomic E-state index is -0.703. The number of likely N-dealkylation sites (tertiary alicyclic amines) is 2.